The molecule has 18 heavy (non-hydrogen) atoms. The summed E-state index contributed by atoms with van der Waals surface area (Å²) in [6.07, 6.45) is -0.284. The standard InChI is InChI=1S/C14H20O4/c1-15-8-14(9-16-2)10-17-13(18-11-14)12-6-4-3-5-7-12/h3-7,13H,8-11H2,1-2H3. The first kappa shape index (κ1) is 13.5. The Morgan fingerprint density at radius 3 is 2.11 bits per heavy atom. The topological polar surface area (TPSA) is 36.9 Å². The lowest BCUT2D eigenvalue weighted by Gasteiger charge is -2.39. The summed E-state index contributed by atoms with van der Waals surface area (Å²) in [5.41, 5.74) is 0.843. The van der Waals surface area contributed by atoms with E-state index in [-0.39, 0.29) is 11.7 Å². The smallest absolute Gasteiger partial charge is 0.183 e. The van der Waals surface area contributed by atoms with Crippen molar-refractivity contribution in [3.05, 3.63) is 35.9 Å². The van der Waals surface area contributed by atoms with E-state index in [1.54, 1.807) is 14.2 Å². The predicted molar refractivity (Wildman–Crippen MR) is 67.3 cm³/mol. The molecule has 0 saturated carbocycles. The fraction of sp³-hybridized carbons (Fsp3) is 0.571. The zero-order chi connectivity index (χ0) is 12.8. The number of ether oxygens (including phenoxy) is 4. The van der Waals surface area contributed by atoms with Crippen molar-refractivity contribution < 1.29 is 18.9 Å². The minimum atomic E-state index is -0.284. The molecule has 0 aromatic heterocycles. The summed E-state index contributed by atoms with van der Waals surface area (Å²) in [6.45, 7) is 2.30. The van der Waals surface area contributed by atoms with Crippen LogP contribution in [-0.4, -0.2) is 40.6 Å². The first-order valence-corrected chi connectivity index (χ1v) is 6.06. The van der Waals surface area contributed by atoms with Crippen molar-refractivity contribution in [1.29, 1.82) is 0 Å². The highest BCUT2D eigenvalue weighted by Crippen LogP contribution is 2.32. The minimum absolute atomic E-state index is 0.200. The van der Waals surface area contributed by atoms with Gasteiger partial charge in [-0.25, -0.2) is 0 Å². The van der Waals surface area contributed by atoms with Crippen molar-refractivity contribution in [3.63, 3.8) is 0 Å². The maximum Gasteiger partial charge on any atom is 0.183 e. The second-order valence-corrected chi connectivity index (χ2v) is 4.73. The molecule has 1 aromatic rings. The zero-order valence-corrected chi connectivity index (χ0v) is 10.9. The van der Waals surface area contributed by atoms with Crippen molar-refractivity contribution >= 4 is 0 Å². The molecule has 0 N–H and O–H groups in total. The highest BCUT2D eigenvalue weighted by molar-refractivity contribution is 5.16. The van der Waals surface area contributed by atoms with Crippen LogP contribution >= 0.6 is 0 Å². The third-order valence-corrected chi connectivity index (χ3v) is 3.05. The molecule has 1 heterocycles. The quantitative estimate of drug-likeness (QED) is 0.803. The Bertz CT molecular complexity index is 336. The van der Waals surface area contributed by atoms with Gasteiger partial charge in [0.05, 0.1) is 31.8 Å². The highest BCUT2D eigenvalue weighted by atomic mass is 16.7. The van der Waals surface area contributed by atoms with Gasteiger partial charge in [0.15, 0.2) is 6.29 Å². The van der Waals surface area contributed by atoms with Crippen molar-refractivity contribution in [2.75, 3.05) is 40.6 Å². The molecule has 1 aliphatic rings. The van der Waals surface area contributed by atoms with Gasteiger partial charge in [-0.1, -0.05) is 30.3 Å². The fourth-order valence-electron chi connectivity index (χ4n) is 2.22. The molecule has 1 fully saturated rings. The molecule has 1 aliphatic heterocycles. The molecule has 0 bridgehead atoms. The molecular formula is C14H20O4. The maximum absolute atomic E-state index is 5.80. The second kappa shape index (κ2) is 6.29. The second-order valence-electron chi connectivity index (χ2n) is 4.73. The van der Waals surface area contributed by atoms with E-state index in [0.29, 0.717) is 26.4 Å². The molecule has 1 aromatic carbocycles. The number of hydrogen-bond acceptors (Lipinski definition) is 4. The zero-order valence-electron chi connectivity index (χ0n) is 10.9. The van der Waals surface area contributed by atoms with Crippen LogP contribution in [0.5, 0.6) is 0 Å². The van der Waals surface area contributed by atoms with Crippen LogP contribution in [0.3, 0.4) is 0 Å². The van der Waals surface area contributed by atoms with Crippen molar-refractivity contribution in [1.82, 2.24) is 0 Å². The van der Waals surface area contributed by atoms with Gasteiger partial charge in [0.1, 0.15) is 0 Å². The van der Waals surface area contributed by atoms with E-state index < -0.39 is 0 Å². The average Bonchev–Trinajstić information content (AvgIpc) is 2.41. The Morgan fingerprint density at radius 2 is 1.61 bits per heavy atom. The van der Waals surface area contributed by atoms with Crippen molar-refractivity contribution in [2.24, 2.45) is 5.41 Å². The van der Waals surface area contributed by atoms with Gasteiger partial charge in [-0.3, -0.25) is 0 Å². The van der Waals surface area contributed by atoms with Gasteiger partial charge in [-0.05, 0) is 0 Å². The Morgan fingerprint density at radius 1 is 1.06 bits per heavy atom. The van der Waals surface area contributed by atoms with Crippen molar-refractivity contribution in [3.8, 4) is 0 Å². The molecule has 0 unspecified atom stereocenters. The minimum Gasteiger partial charge on any atom is -0.384 e. The lowest BCUT2D eigenvalue weighted by molar-refractivity contribution is -0.251. The molecule has 4 heteroatoms. The molecule has 0 atom stereocenters. The SMILES string of the molecule is COCC1(COC)COC(c2ccccc2)OC1. The summed E-state index contributed by atoms with van der Waals surface area (Å²) in [6, 6.07) is 9.95. The van der Waals surface area contributed by atoms with E-state index in [1.165, 1.54) is 0 Å². The largest absolute Gasteiger partial charge is 0.384 e. The van der Waals surface area contributed by atoms with E-state index in [0.717, 1.165) is 5.56 Å². The molecule has 0 radical (unpaired) electrons. The summed E-state index contributed by atoms with van der Waals surface area (Å²) >= 11 is 0. The normalized spacial score (nSPS) is 19.9. The molecular weight excluding hydrogens is 232 g/mol. The first-order chi connectivity index (χ1) is 8.79. The Kier molecular flexibility index (Phi) is 4.72. The number of methoxy groups -OCH3 is 2. The van der Waals surface area contributed by atoms with E-state index in [9.17, 15) is 0 Å². The van der Waals surface area contributed by atoms with Gasteiger partial charge >= 0.3 is 0 Å². The van der Waals surface area contributed by atoms with Crippen LogP contribution in [-0.2, 0) is 18.9 Å². The number of rotatable bonds is 5. The summed E-state index contributed by atoms with van der Waals surface area (Å²) in [5.74, 6) is 0. The molecule has 0 aliphatic carbocycles. The van der Waals surface area contributed by atoms with Gasteiger partial charge in [-0.2, -0.15) is 0 Å². The lowest BCUT2D eigenvalue weighted by atomic mass is 9.91. The predicted octanol–water partition coefficient (Wildman–Crippen LogP) is 2.01. The Labute approximate surface area is 108 Å². The van der Waals surface area contributed by atoms with Crippen LogP contribution in [0.4, 0.5) is 0 Å². The Balaban J connectivity index is 1.97. The van der Waals surface area contributed by atoms with Gasteiger partial charge in [-0.15, -0.1) is 0 Å². The third kappa shape index (κ3) is 3.09. The third-order valence-electron chi connectivity index (χ3n) is 3.05. The number of hydrogen-bond donors (Lipinski definition) is 0. The number of benzene rings is 1. The average molecular weight is 252 g/mol. The van der Waals surface area contributed by atoms with E-state index in [4.69, 9.17) is 18.9 Å². The molecule has 2 rings (SSSR count). The van der Waals surface area contributed by atoms with Gasteiger partial charge < -0.3 is 18.9 Å². The summed E-state index contributed by atoms with van der Waals surface area (Å²) < 4.78 is 22.1. The first-order valence-electron chi connectivity index (χ1n) is 6.06. The fourth-order valence-corrected chi connectivity index (χ4v) is 2.22. The van der Waals surface area contributed by atoms with Gasteiger partial charge in [0.2, 0.25) is 0 Å². The summed E-state index contributed by atoms with van der Waals surface area (Å²) in [5, 5.41) is 0. The van der Waals surface area contributed by atoms with E-state index >= 15 is 0 Å². The van der Waals surface area contributed by atoms with Crippen LogP contribution in [0.25, 0.3) is 0 Å². The molecule has 0 amide bonds. The van der Waals surface area contributed by atoms with Gasteiger partial charge in [0.25, 0.3) is 0 Å². The molecule has 100 valence electrons. The van der Waals surface area contributed by atoms with E-state index in [2.05, 4.69) is 0 Å². The van der Waals surface area contributed by atoms with Crippen LogP contribution < -0.4 is 0 Å². The summed E-state index contributed by atoms with van der Waals surface area (Å²) in [4.78, 5) is 0. The Hall–Kier alpha value is -0.940. The van der Waals surface area contributed by atoms with Crippen LogP contribution in [0.2, 0.25) is 0 Å². The maximum atomic E-state index is 5.80. The van der Waals surface area contributed by atoms with Crippen LogP contribution in [0.15, 0.2) is 30.3 Å². The highest BCUT2D eigenvalue weighted by Gasteiger charge is 2.37. The molecule has 4 nitrogen and oxygen atoms in total. The summed E-state index contributed by atoms with van der Waals surface area (Å²) in [7, 11) is 3.36. The van der Waals surface area contributed by atoms with E-state index in [1.807, 2.05) is 30.3 Å². The van der Waals surface area contributed by atoms with Crippen LogP contribution in [0, 0.1) is 5.41 Å². The molecule has 0 spiro atoms. The monoisotopic (exact) mass is 252 g/mol. The lowest BCUT2D eigenvalue weighted by Crippen LogP contribution is -2.45. The molecule has 1 saturated heterocycles. The van der Waals surface area contributed by atoms with Gasteiger partial charge in [0, 0.05) is 19.8 Å². The van der Waals surface area contributed by atoms with Crippen LogP contribution in [0.1, 0.15) is 11.9 Å². The van der Waals surface area contributed by atoms with Crippen molar-refractivity contribution in [2.45, 2.75) is 6.29 Å².